The van der Waals surface area contributed by atoms with Crippen molar-refractivity contribution in [3.63, 3.8) is 0 Å². The monoisotopic (exact) mass is 231 g/mol. The highest BCUT2D eigenvalue weighted by atomic mass is 16.2. The minimum absolute atomic E-state index is 0.0754. The fourth-order valence-electron chi connectivity index (χ4n) is 1.56. The van der Waals surface area contributed by atoms with Crippen LogP contribution in [-0.2, 0) is 0 Å². The normalized spacial score (nSPS) is 11.7. The fraction of sp³-hybridized carbons (Fsp3) is 0.385. The van der Waals surface area contributed by atoms with Crippen LogP contribution in [0.1, 0.15) is 20.8 Å². The van der Waals surface area contributed by atoms with Crippen molar-refractivity contribution >= 4 is 17.1 Å². The van der Waals surface area contributed by atoms with E-state index in [-0.39, 0.29) is 11.4 Å². The molecule has 4 nitrogen and oxygen atoms in total. The van der Waals surface area contributed by atoms with E-state index in [1.165, 1.54) is 0 Å². The highest BCUT2D eigenvalue weighted by Crippen LogP contribution is 2.13. The number of fused-ring (bicyclic) bond motifs is 1. The second-order valence-electron chi connectivity index (χ2n) is 5.32. The first kappa shape index (κ1) is 11.6. The van der Waals surface area contributed by atoms with Gasteiger partial charge in [-0.1, -0.05) is 20.8 Å². The molecule has 0 fully saturated rings. The van der Waals surface area contributed by atoms with Gasteiger partial charge in [0.05, 0.1) is 0 Å². The Bertz CT molecular complexity index is 537. The lowest BCUT2D eigenvalue weighted by Crippen LogP contribution is -2.35. The Kier molecular flexibility index (Phi) is 2.88. The van der Waals surface area contributed by atoms with Crippen molar-refractivity contribution in [3.8, 4) is 0 Å². The molecule has 0 atom stereocenters. The predicted octanol–water partition coefficient (Wildman–Crippen LogP) is 2.64. The van der Waals surface area contributed by atoms with Gasteiger partial charge in [-0.05, 0) is 23.6 Å². The van der Waals surface area contributed by atoms with E-state index in [0.717, 1.165) is 5.39 Å². The Morgan fingerprint density at radius 1 is 1.41 bits per heavy atom. The van der Waals surface area contributed by atoms with Crippen molar-refractivity contribution in [3.05, 3.63) is 30.6 Å². The van der Waals surface area contributed by atoms with Crippen molar-refractivity contribution in [2.45, 2.75) is 20.8 Å². The van der Waals surface area contributed by atoms with Crippen molar-refractivity contribution in [2.24, 2.45) is 5.41 Å². The number of rotatable bonds is 1. The Hall–Kier alpha value is -1.84. The van der Waals surface area contributed by atoms with Crippen LogP contribution in [-0.4, -0.2) is 22.1 Å². The molecule has 2 aromatic heterocycles. The molecule has 0 saturated carbocycles. The molecule has 90 valence electrons. The van der Waals surface area contributed by atoms with E-state index in [9.17, 15) is 4.79 Å². The Labute approximate surface area is 101 Å². The third kappa shape index (κ3) is 2.64. The van der Waals surface area contributed by atoms with Gasteiger partial charge in [-0.25, -0.2) is 9.78 Å². The molecule has 1 N–H and O–H groups in total. The molecule has 0 spiro atoms. The first-order chi connectivity index (χ1) is 7.97. The largest absolute Gasteiger partial charge is 0.337 e. The van der Waals surface area contributed by atoms with Gasteiger partial charge in [0.2, 0.25) is 0 Å². The molecule has 17 heavy (non-hydrogen) atoms. The molecule has 2 rings (SSSR count). The van der Waals surface area contributed by atoms with Gasteiger partial charge in [0, 0.05) is 24.3 Å². The first-order valence-corrected chi connectivity index (χ1v) is 5.68. The van der Waals surface area contributed by atoms with Crippen LogP contribution in [0.3, 0.4) is 0 Å². The van der Waals surface area contributed by atoms with Crippen molar-refractivity contribution in [1.29, 1.82) is 0 Å². The lowest BCUT2D eigenvalue weighted by Gasteiger charge is -2.18. The van der Waals surface area contributed by atoms with Gasteiger partial charge in [0.25, 0.3) is 0 Å². The molecule has 0 radical (unpaired) electrons. The van der Waals surface area contributed by atoms with Crippen LogP contribution in [0.4, 0.5) is 4.79 Å². The van der Waals surface area contributed by atoms with Crippen molar-refractivity contribution in [2.75, 3.05) is 6.54 Å². The summed E-state index contributed by atoms with van der Waals surface area (Å²) in [6, 6.07) is 5.56. The number of carbonyl (C=O) groups excluding carboxylic acids is 1. The number of aromatic nitrogens is 2. The van der Waals surface area contributed by atoms with Crippen LogP contribution in [0.5, 0.6) is 0 Å². The number of hydrogen-bond donors (Lipinski definition) is 1. The number of hydrogen-bond acceptors (Lipinski definition) is 2. The fourth-order valence-corrected chi connectivity index (χ4v) is 1.56. The summed E-state index contributed by atoms with van der Waals surface area (Å²) >= 11 is 0. The highest BCUT2D eigenvalue weighted by molar-refractivity contribution is 5.89. The van der Waals surface area contributed by atoms with E-state index >= 15 is 0 Å². The minimum Gasteiger partial charge on any atom is -0.337 e. The Morgan fingerprint density at radius 3 is 2.88 bits per heavy atom. The molecule has 1 amide bonds. The number of carbonyl (C=O) groups is 1. The molecule has 0 aliphatic heterocycles. The van der Waals surface area contributed by atoms with E-state index in [0.29, 0.717) is 12.2 Å². The first-order valence-electron chi connectivity index (χ1n) is 5.68. The highest BCUT2D eigenvalue weighted by Gasteiger charge is 2.14. The second kappa shape index (κ2) is 4.20. The minimum atomic E-state index is -0.131. The molecule has 0 aromatic carbocycles. The summed E-state index contributed by atoms with van der Waals surface area (Å²) in [7, 11) is 0. The summed E-state index contributed by atoms with van der Waals surface area (Å²) in [5.74, 6) is 0. The standard InChI is InChI=1S/C13H17N3O/c1-13(2,3)9-15-12(17)16-8-6-10-5-4-7-14-11(10)16/h4-8H,9H2,1-3H3,(H,15,17). The van der Waals surface area contributed by atoms with Crippen molar-refractivity contribution in [1.82, 2.24) is 14.9 Å². The molecule has 2 heterocycles. The van der Waals surface area contributed by atoms with Crippen LogP contribution >= 0.6 is 0 Å². The van der Waals surface area contributed by atoms with Crippen LogP contribution in [0.2, 0.25) is 0 Å². The van der Waals surface area contributed by atoms with Gasteiger partial charge in [0.15, 0.2) is 0 Å². The zero-order valence-electron chi connectivity index (χ0n) is 10.4. The van der Waals surface area contributed by atoms with E-state index in [1.54, 1.807) is 17.0 Å². The van der Waals surface area contributed by atoms with Crippen LogP contribution < -0.4 is 5.32 Å². The summed E-state index contributed by atoms with van der Waals surface area (Å²) in [5.41, 5.74) is 0.769. The lowest BCUT2D eigenvalue weighted by molar-refractivity contribution is 0.238. The molecule has 0 saturated heterocycles. The summed E-state index contributed by atoms with van der Waals surface area (Å²) in [4.78, 5) is 16.2. The van der Waals surface area contributed by atoms with E-state index in [1.807, 2.05) is 18.2 Å². The van der Waals surface area contributed by atoms with Gasteiger partial charge < -0.3 is 5.32 Å². The predicted molar refractivity (Wildman–Crippen MR) is 68.0 cm³/mol. The third-order valence-corrected chi connectivity index (χ3v) is 2.44. The molecule has 0 bridgehead atoms. The quantitative estimate of drug-likeness (QED) is 0.820. The van der Waals surface area contributed by atoms with Crippen molar-refractivity contribution < 1.29 is 4.79 Å². The summed E-state index contributed by atoms with van der Waals surface area (Å²) in [5, 5.41) is 3.87. The average molecular weight is 231 g/mol. The van der Waals surface area contributed by atoms with Crippen LogP contribution in [0.25, 0.3) is 11.0 Å². The molecule has 4 heteroatoms. The average Bonchev–Trinajstić information content (AvgIpc) is 2.68. The maximum Gasteiger partial charge on any atom is 0.327 e. The molecule has 0 aliphatic carbocycles. The summed E-state index contributed by atoms with van der Waals surface area (Å²) in [6.07, 6.45) is 3.44. The molecular formula is C13H17N3O. The zero-order chi connectivity index (χ0) is 12.5. The van der Waals surface area contributed by atoms with Crippen LogP contribution in [0.15, 0.2) is 30.6 Å². The second-order valence-corrected chi connectivity index (χ2v) is 5.32. The summed E-state index contributed by atoms with van der Waals surface area (Å²) in [6.45, 7) is 6.89. The number of nitrogens with zero attached hydrogens (tertiary/aromatic N) is 2. The number of pyridine rings is 1. The van der Waals surface area contributed by atoms with E-state index < -0.39 is 0 Å². The van der Waals surface area contributed by atoms with Gasteiger partial charge in [0.1, 0.15) is 5.65 Å². The number of nitrogens with one attached hydrogen (secondary N) is 1. The number of amides is 1. The Morgan fingerprint density at radius 2 is 2.18 bits per heavy atom. The van der Waals surface area contributed by atoms with E-state index in [2.05, 4.69) is 31.1 Å². The van der Waals surface area contributed by atoms with Crippen LogP contribution in [0, 0.1) is 5.41 Å². The topological polar surface area (TPSA) is 46.9 Å². The molecule has 2 aromatic rings. The van der Waals surface area contributed by atoms with Gasteiger partial charge >= 0.3 is 6.03 Å². The maximum atomic E-state index is 12.0. The molecular weight excluding hydrogens is 214 g/mol. The maximum absolute atomic E-state index is 12.0. The van der Waals surface area contributed by atoms with Gasteiger partial charge in [-0.3, -0.25) is 4.57 Å². The van der Waals surface area contributed by atoms with Gasteiger partial charge in [-0.15, -0.1) is 0 Å². The smallest absolute Gasteiger partial charge is 0.327 e. The third-order valence-electron chi connectivity index (χ3n) is 2.44. The van der Waals surface area contributed by atoms with E-state index in [4.69, 9.17) is 0 Å². The SMILES string of the molecule is CC(C)(C)CNC(=O)n1ccc2cccnc21. The summed E-state index contributed by atoms with van der Waals surface area (Å²) < 4.78 is 1.54. The zero-order valence-corrected chi connectivity index (χ0v) is 10.4. The molecule has 0 unspecified atom stereocenters. The lowest BCUT2D eigenvalue weighted by atomic mass is 9.97. The Balaban J connectivity index is 2.20. The molecule has 0 aliphatic rings. The van der Waals surface area contributed by atoms with Gasteiger partial charge in [-0.2, -0.15) is 0 Å².